The molecule has 0 aliphatic carbocycles. The maximum atomic E-state index is 11.6. The molecule has 2 aromatic rings. The highest BCUT2D eigenvalue weighted by atomic mass is 16.5. The molecule has 0 aliphatic rings. The molecule has 0 radical (unpaired) electrons. The first-order chi connectivity index (χ1) is 13.5. The van der Waals surface area contributed by atoms with Gasteiger partial charge in [0.1, 0.15) is 11.5 Å². The fourth-order valence-electron chi connectivity index (χ4n) is 3.00. The van der Waals surface area contributed by atoms with Gasteiger partial charge in [0.25, 0.3) is 0 Å². The maximum absolute atomic E-state index is 11.6. The van der Waals surface area contributed by atoms with E-state index in [4.69, 9.17) is 24.7 Å². The van der Waals surface area contributed by atoms with Crippen LogP contribution in [0, 0.1) is 0 Å². The lowest BCUT2D eigenvalue weighted by molar-refractivity contribution is -0.143. The van der Waals surface area contributed by atoms with E-state index < -0.39 is 0 Å². The largest absolute Gasteiger partial charge is 0.496 e. The number of carbonyl (C=O) groups is 1. The van der Waals surface area contributed by atoms with Crippen LogP contribution in [0.1, 0.15) is 31.4 Å². The van der Waals surface area contributed by atoms with Crippen molar-refractivity contribution < 1.29 is 23.7 Å². The van der Waals surface area contributed by atoms with Crippen molar-refractivity contribution in [3.05, 3.63) is 41.5 Å². The molecule has 0 fully saturated rings. The summed E-state index contributed by atoms with van der Waals surface area (Å²) in [4.78, 5) is 11.6. The van der Waals surface area contributed by atoms with Gasteiger partial charge in [-0.15, -0.1) is 0 Å². The second kappa shape index (κ2) is 10.6. The number of benzene rings is 2. The van der Waals surface area contributed by atoms with Crippen LogP contribution >= 0.6 is 0 Å². The van der Waals surface area contributed by atoms with Crippen molar-refractivity contribution in [1.29, 1.82) is 0 Å². The summed E-state index contributed by atoms with van der Waals surface area (Å²) in [6, 6.07) is 9.65. The van der Waals surface area contributed by atoms with Crippen LogP contribution in [0.25, 0.3) is 11.1 Å². The fraction of sp³-hybridized carbons (Fsp3) is 0.409. The molecule has 6 nitrogen and oxygen atoms in total. The molecule has 0 unspecified atom stereocenters. The quantitative estimate of drug-likeness (QED) is 0.491. The Balaban J connectivity index is 2.33. The summed E-state index contributed by atoms with van der Waals surface area (Å²) in [5, 5.41) is 0. The predicted octanol–water partition coefficient (Wildman–Crippen LogP) is 3.99. The Bertz CT molecular complexity index is 779. The Morgan fingerprint density at radius 1 is 1.00 bits per heavy atom. The number of methoxy groups -OCH3 is 2. The number of nitrogens with two attached hydrogens (primary N) is 1. The molecule has 0 amide bonds. The van der Waals surface area contributed by atoms with Gasteiger partial charge in [-0.3, -0.25) is 4.79 Å². The van der Waals surface area contributed by atoms with E-state index in [1.807, 2.05) is 37.3 Å². The number of hydrogen-bond acceptors (Lipinski definition) is 6. The molecule has 0 aromatic heterocycles. The van der Waals surface area contributed by atoms with Crippen molar-refractivity contribution in [3.63, 3.8) is 0 Å². The molecular weight excluding hydrogens is 358 g/mol. The van der Waals surface area contributed by atoms with Crippen molar-refractivity contribution in [2.45, 2.75) is 33.3 Å². The van der Waals surface area contributed by atoms with E-state index in [2.05, 4.69) is 0 Å². The summed E-state index contributed by atoms with van der Waals surface area (Å²) < 4.78 is 21.7. The zero-order valence-corrected chi connectivity index (χ0v) is 17.0. The second-order valence-corrected chi connectivity index (χ2v) is 6.23. The Hall–Kier alpha value is -2.73. The van der Waals surface area contributed by atoms with E-state index in [-0.39, 0.29) is 5.97 Å². The summed E-state index contributed by atoms with van der Waals surface area (Å²) in [6.45, 7) is 5.25. The van der Waals surface area contributed by atoms with Gasteiger partial charge >= 0.3 is 5.97 Å². The number of nitrogen functional groups attached to an aromatic ring is 1. The topological polar surface area (TPSA) is 80.0 Å². The van der Waals surface area contributed by atoms with Gasteiger partial charge < -0.3 is 24.7 Å². The molecule has 6 heteroatoms. The number of anilines is 1. The second-order valence-electron chi connectivity index (χ2n) is 6.23. The average Bonchev–Trinajstić information content (AvgIpc) is 2.70. The lowest BCUT2D eigenvalue weighted by Gasteiger charge is -2.17. The molecular formula is C22H29NO5. The highest BCUT2D eigenvalue weighted by Crippen LogP contribution is 2.40. The van der Waals surface area contributed by atoms with Crippen molar-refractivity contribution >= 4 is 11.7 Å². The zero-order valence-electron chi connectivity index (χ0n) is 17.0. The van der Waals surface area contributed by atoms with Gasteiger partial charge in [0.2, 0.25) is 0 Å². The monoisotopic (exact) mass is 387 g/mol. The van der Waals surface area contributed by atoms with Gasteiger partial charge in [0.05, 0.1) is 33.0 Å². The molecule has 0 saturated carbocycles. The van der Waals surface area contributed by atoms with E-state index in [0.717, 1.165) is 22.3 Å². The number of aryl methyl sites for hydroxylation is 1. The van der Waals surface area contributed by atoms with Crippen molar-refractivity contribution in [2.24, 2.45) is 0 Å². The Morgan fingerprint density at radius 3 is 2.21 bits per heavy atom. The molecule has 28 heavy (non-hydrogen) atoms. The number of esters is 1. The van der Waals surface area contributed by atoms with Crippen LogP contribution in [-0.2, 0) is 27.3 Å². The minimum atomic E-state index is -0.223. The lowest BCUT2D eigenvalue weighted by Crippen LogP contribution is -2.06. The fourth-order valence-corrected chi connectivity index (χ4v) is 3.00. The summed E-state index contributed by atoms with van der Waals surface area (Å²) in [5.74, 6) is 1.15. The highest BCUT2D eigenvalue weighted by molar-refractivity contribution is 5.80. The Kier molecular flexibility index (Phi) is 8.14. The zero-order chi connectivity index (χ0) is 20.5. The first-order valence-corrected chi connectivity index (χ1v) is 9.41. The molecule has 0 saturated heterocycles. The van der Waals surface area contributed by atoms with Gasteiger partial charge in [-0.1, -0.05) is 12.1 Å². The van der Waals surface area contributed by atoms with E-state index in [9.17, 15) is 4.79 Å². The number of rotatable bonds is 10. The molecule has 0 aliphatic heterocycles. The maximum Gasteiger partial charge on any atom is 0.306 e. The van der Waals surface area contributed by atoms with E-state index in [1.165, 1.54) is 0 Å². The third kappa shape index (κ3) is 5.39. The number of ether oxygens (including phenoxy) is 4. The number of carbonyl (C=O) groups excluding carboxylic acids is 1. The minimum absolute atomic E-state index is 0.223. The molecule has 2 aromatic carbocycles. The summed E-state index contributed by atoms with van der Waals surface area (Å²) in [7, 11) is 3.25. The van der Waals surface area contributed by atoms with Gasteiger partial charge in [-0.25, -0.2) is 0 Å². The third-order valence-corrected chi connectivity index (χ3v) is 4.38. The van der Waals surface area contributed by atoms with Crippen LogP contribution in [0.5, 0.6) is 11.5 Å². The molecule has 0 heterocycles. The smallest absolute Gasteiger partial charge is 0.306 e. The minimum Gasteiger partial charge on any atom is -0.496 e. The first kappa shape index (κ1) is 21.6. The molecule has 2 rings (SSSR count). The standard InChI is InChI=1S/C22H29NO5/c1-5-27-14-15-11-19(25-3)22(20(12-15)26-4)17-8-7-16(18(23)13-17)9-10-21(24)28-6-2/h7-8,11-13H,5-6,9-10,14,23H2,1-4H3. The van der Waals surface area contributed by atoms with Crippen LogP contribution in [0.2, 0.25) is 0 Å². The van der Waals surface area contributed by atoms with Crippen LogP contribution in [0.3, 0.4) is 0 Å². The van der Waals surface area contributed by atoms with Crippen molar-refractivity contribution in [2.75, 3.05) is 33.2 Å². The molecule has 0 spiro atoms. The van der Waals surface area contributed by atoms with Gasteiger partial charge in [-0.2, -0.15) is 0 Å². The summed E-state index contributed by atoms with van der Waals surface area (Å²) in [6.07, 6.45) is 0.836. The summed E-state index contributed by atoms with van der Waals surface area (Å²) >= 11 is 0. The number of hydrogen-bond donors (Lipinski definition) is 1. The average molecular weight is 387 g/mol. The molecule has 0 atom stereocenters. The van der Waals surface area contributed by atoms with Crippen LogP contribution < -0.4 is 15.2 Å². The third-order valence-electron chi connectivity index (χ3n) is 4.38. The normalized spacial score (nSPS) is 10.6. The predicted molar refractivity (Wildman–Crippen MR) is 110 cm³/mol. The van der Waals surface area contributed by atoms with Gasteiger partial charge in [-0.05, 0) is 55.2 Å². The van der Waals surface area contributed by atoms with Gasteiger partial charge in [0.15, 0.2) is 0 Å². The van der Waals surface area contributed by atoms with Gasteiger partial charge in [0, 0.05) is 18.7 Å². The highest BCUT2D eigenvalue weighted by Gasteiger charge is 2.16. The van der Waals surface area contributed by atoms with Crippen LogP contribution in [-0.4, -0.2) is 33.4 Å². The first-order valence-electron chi connectivity index (χ1n) is 9.41. The van der Waals surface area contributed by atoms with Crippen LogP contribution in [0.15, 0.2) is 30.3 Å². The molecule has 0 bridgehead atoms. The Labute approximate surface area is 166 Å². The van der Waals surface area contributed by atoms with E-state index in [1.54, 1.807) is 21.1 Å². The SMILES string of the molecule is CCOCc1cc(OC)c(-c2ccc(CCC(=O)OCC)c(N)c2)c(OC)c1. The van der Waals surface area contributed by atoms with Crippen LogP contribution in [0.4, 0.5) is 5.69 Å². The molecule has 2 N–H and O–H groups in total. The Morgan fingerprint density at radius 2 is 1.68 bits per heavy atom. The van der Waals surface area contributed by atoms with Crippen molar-refractivity contribution in [3.8, 4) is 22.6 Å². The van der Waals surface area contributed by atoms with Crippen molar-refractivity contribution in [1.82, 2.24) is 0 Å². The lowest BCUT2D eigenvalue weighted by atomic mass is 9.97. The summed E-state index contributed by atoms with van der Waals surface area (Å²) in [5.41, 5.74) is 10.4. The molecule has 152 valence electrons. The van der Waals surface area contributed by atoms with E-state index >= 15 is 0 Å². The van der Waals surface area contributed by atoms with E-state index in [0.29, 0.717) is 49.8 Å².